The molecule has 9 heteroatoms. The lowest BCUT2D eigenvalue weighted by atomic mass is 9.95. The van der Waals surface area contributed by atoms with Crippen LogP contribution in [0.25, 0.3) is 22.4 Å². The third-order valence-electron chi connectivity index (χ3n) is 5.88. The number of halogens is 1. The molecule has 1 aliphatic rings. The molecule has 0 saturated heterocycles. The summed E-state index contributed by atoms with van der Waals surface area (Å²) in [5.41, 5.74) is 1.18. The normalized spacial score (nSPS) is 13.7. The van der Waals surface area contributed by atoms with Crippen LogP contribution in [0.2, 0.25) is 0 Å². The zero-order chi connectivity index (χ0) is 24.5. The fourth-order valence-corrected chi connectivity index (χ4v) is 4.14. The Labute approximate surface area is 202 Å². The van der Waals surface area contributed by atoms with Crippen LogP contribution >= 0.6 is 0 Å². The molecule has 0 atom stereocenters. The highest BCUT2D eigenvalue weighted by molar-refractivity contribution is 5.77. The van der Waals surface area contributed by atoms with Gasteiger partial charge in [-0.25, -0.2) is 9.37 Å². The van der Waals surface area contributed by atoms with Crippen molar-refractivity contribution in [3.8, 4) is 11.5 Å². The van der Waals surface area contributed by atoms with Gasteiger partial charge in [0.1, 0.15) is 11.6 Å². The Morgan fingerprint density at radius 3 is 2.71 bits per heavy atom. The molecule has 8 nitrogen and oxygen atoms in total. The first-order valence-electron chi connectivity index (χ1n) is 11.9. The molecule has 182 valence electrons. The van der Waals surface area contributed by atoms with E-state index in [1.54, 1.807) is 18.2 Å². The number of para-hydroxylation sites is 1. The van der Waals surface area contributed by atoms with Crippen molar-refractivity contribution in [2.45, 2.75) is 57.4 Å². The molecule has 1 aliphatic carbocycles. The summed E-state index contributed by atoms with van der Waals surface area (Å²) in [7, 11) is 0. The molecule has 1 fully saturated rings. The fourth-order valence-electron chi connectivity index (χ4n) is 4.14. The zero-order valence-corrected chi connectivity index (χ0v) is 19.4. The lowest BCUT2D eigenvalue weighted by molar-refractivity contribution is -0.122. The summed E-state index contributed by atoms with van der Waals surface area (Å²) < 4.78 is 17.6. The molecule has 5 rings (SSSR count). The maximum absolute atomic E-state index is 12.7. The van der Waals surface area contributed by atoms with Crippen LogP contribution in [0.3, 0.4) is 0 Å². The van der Waals surface area contributed by atoms with E-state index in [0.717, 1.165) is 12.8 Å². The molecule has 1 saturated carbocycles. The van der Waals surface area contributed by atoms with E-state index < -0.39 is 0 Å². The van der Waals surface area contributed by atoms with Crippen molar-refractivity contribution in [2.24, 2.45) is 0 Å². The standard InChI is InChI=1S/C18H23N3O2.C8H5FN2O/c22-17(19-13-7-2-1-3-8-13)12-6-11-16-20-15-10-5-4-9-14(15)18(23)21-16;9-7-3-1-2-6(4-7)8-11-10-5-12-8/h4-5,9-10,13H,1-3,6-8,11-12H2,(H,19,22)(H,20,21,23);1-5H. The van der Waals surface area contributed by atoms with Crippen molar-refractivity contribution in [1.82, 2.24) is 25.5 Å². The molecule has 0 aliphatic heterocycles. The summed E-state index contributed by atoms with van der Waals surface area (Å²) in [6, 6.07) is 13.7. The van der Waals surface area contributed by atoms with Crippen LogP contribution in [0.4, 0.5) is 4.39 Å². The van der Waals surface area contributed by atoms with Crippen LogP contribution in [0.1, 0.15) is 50.8 Å². The van der Waals surface area contributed by atoms with Gasteiger partial charge in [-0.05, 0) is 49.6 Å². The summed E-state index contributed by atoms with van der Waals surface area (Å²) in [6.07, 6.45) is 8.91. The summed E-state index contributed by atoms with van der Waals surface area (Å²) in [4.78, 5) is 31.2. The molecule has 4 aromatic rings. The summed E-state index contributed by atoms with van der Waals surface area (Å²) in [6.45, 7) is 0. The molecule has 0 unspecified atom stereocenters. The molecule has 2 aromatic carbocycles. The Morgan fingerprint density at radius 1 is 1.11 bits per heavy atom. The van der Waals surface area contributed by atoms with Gasteiger partial charge in [-0.2, -0.15) is 0 Å². The quantitative estimate of drug-likeness (QED) is 0.421. The first-order chi connectivity index (χ1) is 17.1. The molecule has 0 radical (unpaired) electrons. The number of aromatic amines is 1. The van der Waals surface area contributed by atoms with Gasteiger partial charge in [-0.15, -0.1) is 10.2 Å². The minimum Gasteiger partial charge on any atom is -0.423 e. The highest BCUT2D eigenvalue weighted by Crippen LogP contribution is 2.18. The third kappa shape index (κ3) is 7.05. The number of aromatic nitrogens is 4. The molecule has 2 heterocycles. The number of carbonyl (C=O) groups is 1. The lowest BCUT2D eigenvalue weighted by Gasteiger charge is -2.22. The second-order valence-corrected chi connectivity index (χ2v) is 8.54. The highest BCUT2D eigenvalue weighted by Gasteiger charge is 2.15. The predicted octanol–water partition coefficient (Wildman–Crippen LogP) is 4.57. The number of nitrogens with zero attached hydrogens (tertiary/aromatic N) is 3. The van der Waals surface area contributed by atoms with E-state index in [4.69, 9.17) is 4.42 Å². The van der Waals surface area contributed by atoms with E-state index in [9.17, 15) is 14.0 Å². The molecular weight excluding hydrogens is 449 g/mol. The van der Waals surface area contributed by atoms with Gasteiger partial charge in [0, 0.05) is 24.4 Å². The van der Waals surface area contributed by atoms with Crippen LogP contribution in [0, 0.1) is 5.82 Å². The molecule has 2 N–H and O–H groups in total. The number of hydrogen-bond donors (Lipinski definition) is 2. The summed E-state index contributed by atoms with van der Waals surface area (Å²) in [5.74, 6) is 0.777. The Bertz CT molecular complexity index is 1300. The van der Waals surface area contributed by atoms with E-state index in [1.807, 2.05) is 18.2 Å². The van der Waals surface area contributed by atoms with Gasteiger partial charge in [0.2, 0.25) is 18.2 Å². The number of hydrogen-bond acceptors (Lipinski definition) is 6. The van der Waals surface area contributed by atoms with Crippen LogP contribution in [-0.2, 0) is 11.2 Å². The number of benzene rings is 2. The zero-order valence-electron chi connectivity index (χ0n) is 19.4. The van der Waals surface area contributed by atoms with Crippen molar-refractivity contribution >= 4 is 16.8 Å². The molecule has 1 amide bonds. The van der Waals surface area contributed by atoms with Gasteiger partial charge in [-0.3, -0.25) is 9.59 Å². The number of aryl methyl sites for hydroxylation is 1. The Balaban J connectivity index is 0.000000201. The van der Waals surface area contributed by atoms with E-state index in [0.29, 0.717) is 53.5 Å². The van der Waals surface area contributed by atoms with E-state index >= 15 is 0 Å². The second kappa shape index (κ2) is 12.0. The summed E-state index contributed by atoms with van der Waals surface area (Å²) in [5, 5.41) is 10.9. The van der Waals surface area contributed by atoms with E-state index in [1.165, 1.54) is 37.8 Å². The molecule has 2 aromatic heterocycles. The van der Waals surface area contributed by atoms with Crippen molar-refractivity contribution < 1.29 is 13.6 Å². The van der Waals surface area contributed by atoms with Crippen LogP contribution in [0.5, 0.6) is 0 Å². The molecule has 0 bridgehead atoms. The Hall–Kier alpha value is -3.88. The smallest absolute Gasteiger partial charge is 0.258 e. The lowest BCUT2D eigenvalue weighted by Crippen LogP contribution is -2.36. The number of H-pyrrole nitrogens is 1. The monoisotopic (exact) mass is 477 g/mol. The topological polar surface area (TPSA) is 114 Å². The van der Waals surface area contributed by atoms with Crippen LogP contribution in [-0.4, -0.2) is 32.1 Å². The molecule has 35 heavy (non-hydrogen) atoms. The number of fused-ring (bicyclic) bond motifs is 1. The number of rotatable bonds is 6. The van der Waals surface area contributed by atoms with Crippen molar-refractivity contribution in [1.29, 1.82) is 0 Å². The maximum Gasteiger partial charge on any atom is 0.258 e. The van der Waals surface area contributed by atoms with E-state index in [2.05, 4.69) is 25.5 Å². The second-order valence-electron chi connectivity index (χ2n) is 8.54. The van der Waals surface area contributed by atoms with Crippen LogP contribution in [0.15, 0.2) is 64.1 Å². The van der Waals surface area contributed by atoms with E-state index in [-0.39, 0.29) is 17.3 Å². The number of amides is 1. The van der Waals surface area contributed by atoms with Gasteiger partial charge in [0.15, 0.2) is 0 Å². The van der Waals surface area contributed by atoms with Gasteiger partial charge >= 0.3 is 0 Å². The van der Waals surface area contributed by atoms with Gasteiger partial charge in [0.25, 0.3) is 5.56 Å². The summed E-state index contributed by atoms with van der Waals surface area (Å²) >= 11 is 0. The fraction of sp³-hybridized carbons (Fsp3) is 0.346. The van der Waals surface area contributed by atoms with Crippen molar-refractivity contribution in [2.75, 3.05) is 0 Å². The SMILES string of the molecule is Fc1cccc(-c2nnco2)c1.O=C(CCCc1nc2ccccc2c(=O)[nH]1)NC1CCCCC1. The minimum absolute atomic E-state index is 0.111. The average molecular weight is 478 g/mol. The minimum atomic E-state index is -0.314. The number of nitrogens with one attached hydrogen (secondary N) is 2. The van der Waals surface area contributed by atoms with Gasteiger partial charge in [0.05, 0.1) is 10.9 Å². The highest BCUT2D eigenvalue weighted by atomic mass is 19.1. The van der Waals surface area contributed by atoms with Crippen LogP contribution < -0.4 is 10.9 Å². The van der Waals surface area contributed by atoms with Crippen molar-refractivity contribution in [3.05, 3.63) is 76.9 Å². The Morgan fingerprint density at radius 2 is 1.94 bits per heavy atom. The average Bonchev–Trinajstić information content (AvgIpc) is 3.41. The largest absolute Gasteiger partial charge is 0.423 e. The molecular formula is C26H28FN5O3. The predicted molar refractivity (Wildman–Crippen MR) is 130 cm³/mol. The third-order valence-corrected chi connectivity index (χ3v) is 5.88. The van der Waals surface area contributed by atoms with Gasteiger partial charge < -0.3 is 14.7 Å². The van der Waals surface area contributed by atoms with Gasteiger partial charge in [-0.1, -0.05) is 37.5 Å². The van der Waals surface area contributed by atoms with Crippen molar-refractivity contribution in [3.63, 3.8) is 0 Å². The Kier molecular flexibility index (Phi) is 8.32. The first kappa shape index (κ1) is 24.3. The number of carbonyl (C=O) groups excluding carboxylic acids is 1. The maximum atomic E-state index is 12.7. The first-order valence-corrected chi connectivity index (χ1v) is 11.9. The molecule has 0 spiro atoms.